The first-order chi connectivity index (χ1) is 18.4. The van der Waals surface area contributed by atoms with Crippen molar-refractivity contribution in [3.63, 3.8) is 0 Å². The van der Waals surface area contributed by atoms with Gasteiger partial charge in [0.1, 0.15) is 15.9 Å². The maximum atomic E-state index is 13.5. The Bertz CT molecular complexity index is 1110. The van der Waals surface area contributed by atoms with E-state index in [9.17, 15) is 4.79 Å². The number of nitrogens with zero attached hydrogens (tertiary/aromatic N) is 1. The quantitative estimate of drug-likeness (QED) is 0.401. The molecule has 3 aromatic carbocycles. The molecule has 4 rings (SSSR count). The van der Waals surface area contributed by atoms with E-state index in [1.54, 1.807) is 0 Å². The van der Waals surface area contributed by atoms with Gasteiger partial charge >= 0.3 is 0 Å². The lowest BCUT2D eigenvalue weighted by Gasteiger charge is -2.33. The minimum Gasteiger partial charge on any atom is -0.378 e. The average Bonchev–Trinajstić information content (AvgIpc) is 2.90. The molecule has 0 unspecified atom stereocenters. The molecule has 10 heteroatoms. The minimum absolute atomic E-state index is 0.0131. The first-order valence-electron chi connectivity index (χ1n) is 12.5. The lowest BCUT2D eigenvalue weighted by atomic mass is 9.96. The molecule has 208 valence electrons. The van der Waals surface area contributed by atoms with Gasteiger partial charge in [0.15, 0.2) is 12.7 Å². The molecule has 1 aliphatic heterocycles. The fourth-order valence-corrected chi connectivity index (χ4v) is 8.40. The van der Waals surface area contributed by atoms with Crippen LogP contribution in [-0.2, 0) is 9.53 Å². The van der Waals surface area contributed by atoms with E-state index in [0.29, 0.717) is 13.2 Å². The summed E-state index contributed by atoms with van der Waals surface area (Å²) in [7, 11) is -7.10. The van der Waals surface area contributed by atoms with Crippen LogP contribution in [0.5, 0.6) is 0 Å². The topological polar surface area (TPSA) is 131 Å². The summed E-state index contributed by atoms with van der Waals surface area (Å²) < 4.78 is 38.3. The van der Waals surface area contributed by atoms with Crippen molar-refractivity contribution in [2.75, 3.05) is 26.3 Å². The zero-order valence-electron chi connectivity index (χ0n) is 22.3. The Morgan fingerprint density at radius 3 is 1.54 bits per heavy atom. The maximum absolute atomic E-state index is 13.5. The summed E-state index contributed by atoms with van der Waals surface area (Å²) in [6, 6.07) is 31.9. The van der Waals surface area contributed by atoms with Gasteiger partial charge in [-0.3, -0.25) is 10.1 Å². The van der Waals surface area contributed by atoms with Crippen LogP contribution in [0.2, 0.25) is 0 Å². The van der Waals surface area contributed by atoms with E-state index in [2.05, 4.69) is 89.2 Å². The standard InChI is InChI=1S/C29H33N2O2P.ClHO4/c1-29(2,3)28(32)30-27(23-31-19-21-33-22-20-31)34(24-13-7-4-8-14-24,25-15-9-5-10-16-25)26-17-11-6-12-18-26;2-1(3,4)5/h4-18,23H,19-22H2,1-3H3;(H,2,3,4,5)/p+1. The predicted octanol–water partition coefficient (Wildman–Crippen LogP) is 0.150. The van der Waals surface area contributed by atoms with Crippen LogP contribution in [0, 0.1) is 15.7 Å². The monoisotopic (exact) mass is 573 g/mol. The number of amides is 1. The normalized spacial score (nSPS) is 14.7. The first-order valence-corrected chi connectivity index (χ1v) is 15.5. The van der Waals surface area contributed by atoms with Crippen molar-refractivity contribution in [3.05, 3.63) is 103 Å². The third-order valence-electron chi connectivity index (χ3n) is 6.07. The molecule has 0 radical (unpaired) electrons. The molecule has 1 aliphatic rings. The van der Waals surface area contributed by atoms with Gasteiger partial charge in [0.05, 0.1) is 34.3 Å². The fraction of sp³-hybridized carbons (Fsp3) is 0.276. The number of hydrogen-bond donors (Lipinski definition) is 2. The number of carbonyl (C=O) groups is 1. The molecule has 1 fully saturated rings. The smallest absolute Gasteiger partial charge is 0.232 e. The zero-order valence-corrected chi connectivity index (χ0v) is 24.0. The Hall–Kier alpha value is -2.81. The molecule has 1 amide bonds. The molecule has 1 saturated heterocycles. The molecule has 0 saturated carbocycles. The van der Waals surface area contributed by atoms with E-state index in [-0.39, 0.29) is 5.91 Å². The van der Waals surface area contributed by atoms with Gasteiger partial charge in [0, 0.05) is 18.5 Å². The second kappa shape index (κ2) is 13.5. The second-order valence-electron chi connectivity index (χ2n) is 9.94. The van der Waals surface area contributed by atoms with E-state index in [1.165, 1.54) is 15.9 Å². The van der Waals surface area contributed by atoms with Gasteiger partial charge in [-0.25, -0.2) is 0 Å². The van der Waals surface area contributed by atoms with Gasteiger partial charge < -0.3 is 9.64 Å². The van der Waals surface area contributed by atoms with Crippen LogP contribution in [0.25, 0.3) is 0 Å². The van der Waals surface area contributed by atoms with Crippen molar-refractivity contribution in [2.45, 2.75) is 20.8 Å². The molecule has 39 heavy (non-hydrogen) atoms. The summed E-state index contributed by atoms with van der Waals surface area (Å²) in [5.74, 6) is 0.0131. The summed E-state index contributed by atoms with van der Waals surface area (Å²) >= 11 is 0. The van der Waals surface area contributed by atoms with Gasteiger partial charge in [0.25, 0.3) is 0 Å². The third-order valence-corrected chi connectivity index (χ3v) is 10.2. The number of benzene rings is 3. The van der Waals surface area contributed by atoms with Crippen LogP contribution in [0.3, 0.4) is 0 Å². The van der Waals surface area contributed by atoms with Crippen molar-refractivity contribution < 1.29 is 38.4 Å². The lowest BCUT2D eigenvalue weighted by molar-refractivity contribution is -1.92. The van der Waals surface area contributed by atoms with Gasteiger partial charge in [-0.1, -0.05) is 75.4 Å². The number of ether oxygens (including phenoxy) is 1. The van der Waals surface area contributed by atoms with E-state index in [0.717, 1.165) is 18.5 Å². The molecule has 8 nitrogen and oxygen atoms in total. The molecular formula is C29H35ClN2O6P+. The summed E-state index contributed by atoms with van der Waals surface area (Å²) in [4.78, 5) is 15.8. The Kier molecular flexibility index (Phi) is 10.6. The van der Waals surface area contributed by atoms with Crippen LogP contribution >= 0.6 is 7.26 Å². The second-order valence-corrected chi connectivity index (χ2v) is 14.1. The molecule has 0 spiro atoms. The van der Waals surface area contributed by atoms with Crippen LogP contribution in [0.15, 0.2) is 103 Å². The van der Waals surface area contributed by atoms with Crippen LogP contribution in [-0.4, -0.2) is 41.8 Å². The summed E-state index contributed by atoms with van der Waals surface area (Å²) in [5, 5.41) is 7.06. The SMILES string of the molecule is CC(C)(C)C(=O)NC(=CN1CCOCC1)[P+](c1ccccc1)(c1ccccc1)c1ccccc1.[O-][Cl+3]([O-])([O-])O. The largest absolute Gasteiger partial charge is 0.378 e. The highest BCUT2D eigenvalue weighted by Crippen LogP contribution is 2.61. The molecular weight excluding hydrogens is 539 g/mol. The highest BCUT2D eigenvalue weighted by molar-refractivity contribution is 7.99. The minimum atomic E-state index is -4.69. The molecule has 0 bridgehead atoms. The van der Waals surface area contributed by atoms with Crippen molar-refractivity contribution in [3.8, 4) is 0 Å². The fourth-order valence-electron chi connectivity index (χ4n) is 4.21. The summed E-state index contributed by atoms with van der Waals surface area (Å²) in [5.41, 5.74) is 0.432. The van der Waals surface area contributed by atoms with E-state index >= 15 is 0 Å². The Labute approximate surface area is 232 Å². The van der Waals surface area contributed by atoms with Gasteiger partial charge in [-0.15, -0.1) is 0 Å². The first kappa shape index (κ1) is 30.7. The highest BCUT2D eigenvalue weighted by Gasteiger charge is 2.51. The van der Waals surface area contributed by atoms with Gasteiger partial charge in [-0.05, 0) is 36.4 Å². The van der Waals surface area contributed by atoms with Crippen LogP contribution in [0.4, 0.5) is 0 Å². The molecule has 1 heterocycles. The van der Waals surface area contributed by atoms with Crippen molar-refractivity contribution in [1.29, 1.82) is 0 Å². The van der Waals surface area contributed by atoms with E-state index < -0.39 is 22.9 Å². The molecule has 2 N–H and O–H groups in total. The van der Waals surface area contributed by atoms with Gasteiger partial charge in [-0.2, -0.15) is 14.0 Å². The number of carbonyl (C=O) groups excluding carboxylic acids is 1. The lowest BCUT2D eigenvalue weighted by Crippen LogP contribution is -2.58. The Morgan fingerprint density at radius 2 is 1.21 bits per heavy atom. The zero-order chi connectivity index (χ0) is 28.5. The number of morpholine rings is 1. The van der Waals surface area contributed by atoms with Crippen molar-refractivity contribution >= 4 is 29.1 Å². The Balaban J connectivity index is 0.000000771. The molecule has 0 atom stereocenters. The van der Waals surface area contributed by atoms with Crippen molar-refractivity contribution in [1.82, 2.24) is 10.2 Å². The van der Waals surface area contributed by atoms with E-state index in [4.69, 9.17) is 23.4 Å². The maximum Gasteiger partial charge on any atom is 0.232 e. The van der Waals surface area contributed by atoms with E-state index in [1.807, 2.05) is 39.0 Å². The Morgan fingerprint density at radius 1 is 0.846 bits per heavy atom. The van der Waals surface area contributed by atoms with Gasteiger partial charge in [0.2, 0.25) is 5.91 Å². The number of hydrogen-bond acceptors (Lipinski definition) is 7. The van der Waals surface area contributed by atoms with Crippen LogP contribution < -0.4 is 35.2 Å². The number of halogens is 1. The number of rotatable bonds is 6. The molecule has 0 aromatic heterocycles. The molecule has 3 aromatic rings. The number of nitrogens with one attached hydrogen (secondary N) is 1. The third kappa shape index (κ3) is 8.59. The highest BCUT2D eigenvalue weighted by atomic mass is 35.7. The summed E-state index contributed by atoms with van der Waals surface area (Å²) in [6.45, 7) is 8.85. The van der Waals surface area contributed by atoms with Crippen LogP contribution in [0.1, 0.15) is 20.8 Å². The average molecular weight is 574 g/mol. The predicted molar refractivity (Wildman–Crippen MR) is 145 cm³/mol. The molecule has 0 aliphatic carbocycles. The van der Waals surface area contributed by atoms with Crippen molar-refractivity contribution in [2.24, 2.45) is 5.41 Å². The summed E-state index contributed by atoms with van der Waals surface area (Å²) in [6.07, 6.45) is 2.19.